The third-order valence-electron chi connectivity index (χ3n) is 4.23. The minimum absolute atomic E-state index is 0.581. The fourth-order valence-electron chi connectivity index (χ4n) is 2.84. The molecule has 2 heterocycles. The van der Waals surface area contributed by atoms with Gasteiger partial charge in [-0.25, -0.2) is 15.0 Å². The van der Waals surface area contributed by atoms with E-state index in [-0.39, 0.29) is 0 Å². The molecule has 2 aromatic heterocycles. The first-order valence-electron chi connectivity index (χ1n) is 9.56. The Bertz CT molecular complexity index is 899. The molecule has 1 aromatic carbocycles. The number of nitrogens with zero attached hydrogens (tertiary/aromatic N) is 3. The summed E-state index contributed by atoms with van der Waals surface area (Å²) >= 11 is 3.45. The van der Waals surface area contributed by atoms with Crippen molar-refractivity contribution in [1.82, 2.24) is 20.6 Å². The van der Waals surface area contributed by atoms with Crippen LogP contribution in [0, 0.1) is 13.8 Å². The van der Waals surface area contributed by atoms with Gasteiger partial charge in [0.1, 0.15) is 0 Å². The van der Waals surface area contributed by atoms with E-state index in [4.69, 9.17) is 4.98 Å². The molecule has 0 aliphatic rings. The van der Waals surface area contributed by atoms with Crippen LogP contribution in [-0.2, 0) is 25.9 Å². The standard InChI is InChI=1S/C21H27N5S2/c1-4-22-21(24-13-19-15(2)25-16(3)28-19)23-12-18-14-27-20(26-18)11-10-17-8-6-5-7-9-17/h5-9,14H,4,10-13H2,1-3H3,(H2,22,23,24). The normalized spacial score (nSPS) is 11.6. The van der Waals surface area contributed by atoms with Crippen LogP contribution in [0.25, 0.3) is 0 Å². The lowest BCUT2D eigenvalue weighted by molar-refractivity contribution is 0.814. The van der Waals surface area contributed by atoms with Crippen LogP contribution < -0.4 is 10.6 Å². The zero-order valence-electron chi connectivity index (χ0n) is 16.7. The summed E-state index contributed by atoms with van der Waals surface area (Å²) in [5.74, 6) is 0.812. The molecule has 5 nitrogen and oxygen atoms in total. The van der Waals surface area contributed by atoms with Crippen molar-refractivity contribution < 1.29 is 0 Å². The molecule has 0 spiro atoms. The van der Waals surface area contributed by atoms with Gasteiger partial charge < -0.3 is 10.6 Å². The van der Waals surface area contributed by atoms with E-state index in [0.29, 0.717) is 6.54 Å². The molecule has 28 heavy (non-hydrogen) atoms. The minimum Gasteiger partial charge on any atom is -0.357 e. The van der Waals surface area contributed by atoms with E-state index in [9.17, 15) is 0 Å². The highest BCUT2D eigenvalue weighted by molar-refractivity contribution is 7.11. The third-order valence-corrected chi connectivity index (χ3v) is 6.26. The lowest BCUT2D eigenvalue weighted by atomic mass is 10.1. The molecule has 0 saturated carbocycles. The van der Waals surface area contributed by atoms with Crippen LogP contribution in [0.5, 0.6) is 0 Å². The molecule has 3 rings (SSSR count). The Labute approximate surface area is 175 Å². The van der Waals surface area contributed by atoms with Gasteiger partial charge in [-0.05, 0) is 32.8 Å². The molecule has 3 aromatic rings. The van der Waals surface area contributed by atoms with Crippen LogP contribution in [0.1, 0.15) is 38.8 Å². The molecule has 2 N–H and O–H groups in total. The van der Waals surface area contributed by atoms with Gasteiger partial charge in [-0.15, -0.1) is 22.7 Å². The third kappa shape index (κ3) is 6.14. The van der Waals surface area contributed by atoms with Crippen molar-refractivity contribution in [3.8, 4) is 0 Å². The number of guanidine groups is 1. The van der Waals surface area contributed by atoms with Crippen molar-refractivity contribution in [3.63, 3.8) is 0 Å². The summed E-state index contributed by atoms with van der Waals surface area (Å²) < 4.78 is 0. The second-order valence-corrected chi connectivity index (χ2v) is 8.74. The van der Waals surface area contributed by atoms with Gasteiger partial charge in [0.2, 0.25) is 0 Å². The Kier molecular flexibility index (Phi) is 7.56. The summed E-state index contributed by atoms with van der Waals surface area (Å²) in [5.41, 5.74) is 3.47. The first-order valence-corrected chi connectivity index (χ1v) is 11.3. The number of aliphatic imine (C=N–C) groups is 1. The van der Waals surface area contributed by atoms with Crippen LogP contribution in [0.2, 0.25) is 0 Å². The maximum atomic E-state index is 4.74. The highest BCUT2D eigenvalue weighted by atomic mass is 32.1. The van der Waals surface area contributed by atoms with Crippen molar-refractivity contribution >= 4 is 28.6 Å². The quantitative estimate of drug-likeness (QED) is 0.428. The molecule has 0 amide bonds. The number of hydrogen-bond acceptors (Lipinski definition) is 5. The van der Waals surface area contributed by atoms with Gasteiger partial charge >= 0.3 is 0 Å². The average molecular weight is 414 g/mol. The van der Waals surface area contributed by atoms with Gasteiger partial charge in [-0.2, -0.15) is 0 Å². The molecule has 7 heteroatoms. The first-order chi connectivity index (χ1) is 13.6. The summed E-state index contributed by atoms with van der Waals surface area (Å²) in [6, 6.07) is 10.6. The van der Waals surface area contributed by atoms with Gasteiger partial charge in [0.15, 0.2) is 5.96 Å². The SMILES string of the molecule is CCNC(=NCc1csc(CCc2ccccc2)n1)NCc1sc(C)nc1C. The second kappa shape index (κ2) is 10.3. The van der Waals surface area contributed by atoms with Gasteiger partial charge in [0, 0.05) is 23.2 Å². The molecule has 0 fully saturated rings. The van der Waals surface area contributed by atoms with E-state index in [1.165, 1.54) is 15.4 Å². The molecule has 0 unspecified atom stereocenters. The van der Waals surface area contributed by atoms with E-state index in [1.807, 2.05) is 6.92 Å². The Balaban J connectivity index is 1.54. The van der Waals surface area contributed by atoms with Crippen molar-refractivity contribution in [2.45, 2.75) is 46.7 Å². The van der Waals surface area contributed by atoms with Crippen LogP contribution in [0.15, 0.2) is 40.7 Å². The van der Waals surface area contributed by atoms with Crippen LogP contribution in [0.4, 0.5) is 0 Å². The van der Waals surface area contributed by atoms with Crippen LogP contribution >= 0.6 is 22.7 Å². The fourth-order valence-corrected chi connectivity index (χ4v) is 4.50. The lowest BCUT2D eigenvalue weighted by Crippen LogP contribution is -2.36. The van der Waals surface area contributed by atoms with Crippen molar-refractivity contribution in [1.29, 1.82) is 0 Å². The van der Waals surface area contributed by atoms with Crippen LogP contribution in [-0.4, -0.2) is 22.5 Å². The molecule has 148 valence electrons. The molecule has 0 radical (unpaired) electrons. The number of aryl methyl sites for hydroxylation is 4. The van der Waals surface area contributed by atoms with E-state index in [1.54, 1.807) is 22.7 Å². The van der Waals surface area contributed by atoms with E-state index in [2.05, 4.69) is 70.2 Å². The largest absolute Gasteiger partial charge is 0.357 e. The highest BCUT2D eigenvalue weighted by Crippen LogP contribution is 2.17. The summed E-state index contributed by atoms with van der Waals surface area (Å²) in [5, 5.41) is 11.1. The Morgan fingerprint density at radius 2 is 1.89 bits per heavy atom. The minimum atomic E-state index is 0.581. The van der Waals surface area contributed by atoms with E-state index < -0.39 is 0 Å². The second-order valence-electron chi connectivity index (χ2n) is 6.51. The molecular weight excluding hydrogens is 386 g/mol. The number of rotatable bonds is 8. The monoisotopic (exact) mass is 413 g/mol. The topological polar surface area (TPSA) is 62.2 Å². The molecule has 0 aliphatic carbocycles. The van der Waals surface area contributed by atoms with Crippen molar-refractivity contribution in [3.05, 3.63) is 67.6 Å². The summed E-state index contributed by atoms with van der Waals surface area (Å²) in [7, 11) is 0. The Morgan fingerprint density at radius 3 is 2.61 bits per heavy atom. The van der Waals surface area contributed by atoms with Crippen molar-refractivity contribution in [2.75, 3.05) is 6.54 Å². The van der Waals surface area contributed by atoms with Crippen molar-refractivity contribution in [2.24, 2.45) is 4.99 Å². The van der Waals surface area contributed by atoms with E-state index >= 15 is 0 Å². The van der Waals surface area contributed by atoms with Gasteiger partial charge in [-0.1, -0.05) is 30.3 Å². The predicted octanol–water partition coefficient (Wildman–Crippen LogP) is 4.26. The summed E-state index contributed by atoms with van der Waals surface area (Å²) in [4.78, 5) is 15.2. The number of nitrogens with one attached hydrogen (secondary N) is 2. The fraction of sp³-hybridized carbons (Fsp3) is 0.381. The smallest absolute Gasteiger partial charge is 0.191 e. The van der Waals surface area contributed by atoms with Gasteiger partial charge in [-0.3, -0.25) is 0 Å². The summed E-state index contributed by atoms with van der Waals surface area (Å²) in [6.45, 7) is 8.31. The number of hydrogen-bond donors (Lipinski definition) is 2. The van der Waals surface area contributed by atoms with E-state index in [0.717, 1.165) is 48.3 Å². The van der Waals surface area contributed by atoms with Gasteiger partial charge in [0.05, 0.1) is 34.5 Å². The maximum Gasteiger partial charge on any atom is 0.191 e. The highest BCUT2D eigenvalue weighted by Gasteiger charge is 2.07. The Hall–Kier alpha value is -2.25. The first kappa shape index (κ1) is 20.5. The lowest BCUT2D eigenvalue weighted by Gasteiger charge is -2.10. The number of aromatic nitrogens is 2. The molecule has 0 bridgehead atoms. The predicted molar refractivity (Wildman–Crippen MR) is 119 cm³/mol. The summed E-state index contributed by atoms with van der Waals surface area (Å²) in [6.07, 6.45) is 2.00. The van der Waals surface area contributed by atoms with Gasteiger partial charge in [0.25, 0.3) is 0 Å². The zero-order valence-corrected chi connectivity index (χ0v) is 18.3. The molecule has 0 saturated heterocycles. The molecule has 0 atom stereocenters. The Morgan fingerprint density at radius 1 is 1.07 bits per heavy atom. The van der Waals surface area contributed by atoms with Crippen LogP contribution in [0.3, 0.4) is 0 Å². The molecule has 0 aliphatic heterocycles. The zero-order chi connectivity index (χ0) is 19.8. The number of benzene rings is 1. The number of thiazole rings is 2. The molecular formula is C21H27N5S2. The average Bonchev–Trinajstić information content (AvgIpc) is 3.28. The maximum absolute atomic E-state index is 4.74.